The lowest BCUT2D eigenvalue weighted by Gasteiger charge is -2.20. The lowest BCUT2D eigenvalue weighted by molar-refractivity contribution is -0.868. The lowest BCUT2D eigenvalue weighted by Crippen LogP contribution is -3.09. The number of likely N-dealkylation sites (N-methyl/N-ethyl adjacent to an activating group) is 1. The Balaban J connectivity index is 2.44. The highest BCUT2D eigenvalue weighted by Gasteiger charge is 2.28. The van der Waals surface area contributed by atoms with E-state index in [-0.39, 0.29) is 0 Å². The zero-order valence-electron chi connectivity index (χ0n) is 12.0. The van der Waals surface area contributed by atoms with E-state index in [2.05, 4.69) is 4.98 Å². The molecule has 0 aliphatic heterocycles. The third-order valence-corrected chi connectivity index (χ3v) is 4.88. The Bertz CT molecular complexity index is 390. The molecular formula is C13H24N2O3P+. The average Bonchev–Trinajstić information content (AvgIpc) is 2.38. The molecule has 19 heavy (non-hydrogen) atoms. The van der Waals surface area contributed by atoms with Gasteiger partial charge in [0.1, 0.15) is 0 Å². The highest BCUT2D eigenvalue weighted by molar-refractivity contribution is 7.53. The third kappa shape index (κ3) is 6.30. The minimum absolute atomic E-state index is 0.390. The molecule has 1 aromatic heterocycles. The van der Waals surface area contributed by atoms with Crippen LogP contribution in [0.5, 0.6) is 0 Å². The van der Waals surface area contributed by atoms with Gasteiger partial charge in [-0.2, -0.15) is 0 Å². The highest BCUT2D eigenvalue weighted by Crippen LogP contribution is 2.45. The van der Waals surface area contributed by atoms with Crippen LogP contribution < -0.4 is 4.90 Å². The van der Waals surface area contributed by atoms with Gasteiger partial charge in [-0.1, -0.05) is 6.07 Å². The number of hydrogen-bond donors (Lipinski definition) is 1. The fourth-order valence-corrected chi connectivity index (χ4v) is 3.68. The molecule has 1 rings (SSSR count). The van der Waals surface area contributed by atoms with Crippen molar-refractivity contribution in [1.29, 1.82) is 0 Å². The van der Waals surface area contributed by atoms with Crippen molar-refractivity contribution < 1.29 is 18.5 Å². The van der Waals surface area contributed by atoms with Gasteiger partial charge >= 0.3 is 7.60 Å². The Kier molecular flexibility index (Phi) is 7.24. The van der Waals surface area contributed by atoms with Crippen LogP contribution in [0, 0.1) is 0 Å². The van der Waals surface area contributed by atoms with Gasteiger partial charge in [-0.3, -0.25) is 9.55 Å². The predicted octanol–water partition coefficient (Wildman–Crippen LogP) is 1.36. The van der Waals surface area contributed by atoms with E-state index in [0.717, 1.165) is 23.6 Å². The first-order valence-corrected chi connectivity index (χ1v) is 8.41. The molecule has 1 aromatic rings. The Hall–Kier alpha value is -0.740. The molecule has 0 aliphatic carbocycles. The minimum atomic E-state index is -2.95. The summed E-state index contributed by atoms with van der Waals surface area (Å²) in [6.07, 6.45) is 3.03. The molecule has 0 saturated carbocycles. The summed E-state index contributed by atoms with van der Waals surface area (Å²) in [6, 6.07) is 5.87. The summed E-state index contributed by atoms with van der Waals surface area (Å²) in [5.74, 6) is 0. The van der Waals surface area contributed by atoms with E-state index in [4.69, 9.17) is 9.05 Å². The molecule has 5 nitrogen and oxygen atoms in total. The second kappa shape index (κ2) is 8.43. The number of aromatic nitrogens is 1. The Labute approximate surface area is 115 Å². The molecule has 108 valence electrons. The van der Waals surface area contributed by atoms with Crippen LogP contribution in [0.15, 0.2) is 24.4 Å². The molecule has 0 bridgehead atoms. The van der Waals surface area contributed by atoms with E-state index in [0.29, 0.717) is 19.5 Å². The Morgan fingerprint density at radius 3 is 2.47 bits per heavy atom. The molecule has 1 atom stereocenters. The Morgan fingerprint density at radius 1 is 1.26 bits per heavy atom. The van der Waals surface area contributed by atoms with Crippen molar-refractivity contribution in [1.82, 2.24) is 4.98 Å². The number of nitrogens with zero attached hydrogens (tertiary/aromatic N) is 1. The molecule has 1 N–H and O–H groups in total. The molecule has 0 aliphatic rings. The summed E-state index contributed by atoms with van der Waals surface area (Å²) in [5.41, 5.74) is 1.05. The van der Waals surface area contributed by atoms with E-state index in [1.54, 1.807) is 6.20 Å². The van der Waals surface area contributed by atoms with Crippen molar-refractivity contribution in [3.8, 4) is 0 Å². The van der Waals surface area contributed by atoms with Crippen LogP contribution >= 0.6 is 7.60 Å². The number of rotatable bonds is 9. The first-order chi connectivity index (χ1) is 9.09. The van der Waals surface area contributed by atoms with Crippen LogP contribution in [0.4, 0.5) is 0 Å². The van der Waals surface area contributed by atoms with Crippen LogP contribution in [-0.2, 0) is 20.0 Å². The fraction of sp³-hybridized carbons (Fsp3) is 0.615. The quantitative estimate of drug-likeness (QED) is 0.697. The van der Waals surface area contributed by atoms with E-state index in [9.17, 15) is 4.57 Å². The second-order valence-corrected chi connectivity index (χ2v) is 6.44. The summed E-state index contributed by atoms with van der Waals surface area (Å²) in [5, 5.41) is 0. The molecule has 0 radical (unpaired) electrons. The molecule has 6 heteroatoms. The van der Waals surface area contributed by atoms with Gasteiger partial charge in [0.05, 0.1) is 26.8 Å². The molecule has 0 amide bonds. The average molecular weight is 287 g/mol. The SMILES string of the molecule is CCOP(=O)(C[NH+](C)CCc1ccccn1)OCC. The lowest BCUT2D eigenvalue weighted by atomic mass is 10.3. The predicted molar refractivity (Wildman–Crippen MR) is 75.4 cm³/mol. The van der Waals surface area contributed by atoms with Gasteiger partial charge in [0.25, 0.3) is 0 Å². The van der Waals surface area contributed by atoms with Crippen LogP contribution in [0.1, 0.15) is 19.5 Å². The standard InChI is InChI=1S/C13H23N2O3P/c1-4-17-19(16,18-5-2)12-15(3)11-9-13-8-6-7-10-14-13/h6-8,10H,4-5,9,11-12H2,1-3H3/p+1. The second-order valence-electron chi connectivity index (χ2n) is 4.38. The Morgan fingerprint density at radius 2 is 1.95 bits per heavy atom. The van der Waals surface area contributed by atoms with Crippen molar-refractivity contribution in [2.75, 3.05) is 33.1 Å². The summed E-state index contributed by atoms with van der Waals surface area (Å²) in [4.78, 5) is 5.40. The van der Waals surface area contributed by atoms with Crippen molar-refractivity contribution in [2.24, 2.45) is 0 Å². The van der Waals surface area contributed by atoms with E-state index >= 15 is 0 Å². The molecule has 1 heterocycles. The van der Waals surface area contributed by atoms with Gasteiger partial charge in [-0.25, -0.2) is 0 Å². The number of nitrogens with one attached hydrogen (secondary N) is 1. The molecule has 0 spiro atoms. The van der Waals surface area contributed by atoms with E-state index in [1.165, 1.54) is 0 Å². The zero-order valence-corrected chi connectivity index (χ0v) is 12.9. The monoisotopic (exact) mass is 287 g/mol. The molecule has 0 saturated heterocycles. The maximum Gasteiger partial charge on any atom is 0.384 e. The van der Waals surface area contributed by atoms with Crippen molar-refractivity contribution in [3.05, 3.63) is 30.1 Å². The maximum atomic E-state index is 12.4. The number of pyridine rings is 1. The largest absolute Gasteiger partial charge is 0.384 e. The number of quaternary nitrogens is 1. The summed E-state index contributed by atoms with van der Waals surface area (Å²) >= 11 is 0. The zero-order chi connectivity index (χ0) is 14.1. The van der Waals surface area contributed by atoms with Gasteiger partial charge in [0.15, 0.2) is 6.29 Å². The van der Waals surface area contributed by atoms with Crippen LogP contribution in [0.2, 0.25) is 0 Å². The van der Waals surface area contributed by atoms with Gasteiger partial charge in [-0.15, -0.1) is 0 Å². The maximum absolute atomic E-state index is 12.4. The minimum Gasteiger partial charge on any atom is -0.327 e. The van der Waals surface area contributed by atoms with Crippen LogP contribution in [0.25, 0.3) is 0 Å². The highest BCUT2D eigenvalue weighted by atomic mass is 31.2. The van der Waals surface area contributed by atoms with Gasteiger partial charge < -0.3 is 13.9 Å². The number of hydrogen-bond acceptors (Lipinski definition) is 4. The van der Waals surface area contributed by atoms with E-state index in [1.807, 2.05) is 39.1 Å². The van der Waals surface area contributed by atoms with Crippen LogP contribution in [0.3, 0.4) is 0 Å². The topological polar surface area (TPSA) is 52.9 Å². The smallest absolute Gasteiger partial charge is 0.327 e. The molecular weight excluding hydrogens is 263 g/mol. The van der Waals surface area contributed by atoms with Gasteiger partial charge in [0.2, 0.25) is 0 Å². The molecule has 0 aromatic carbocycles. The summed E-state index contributed by atoms with van der Waals surface area (Å²) < 4.78 is 22.9. The first kappa shape index (κ1) is 16.3. The van der Waals surface area contributed by atoms with E-state index < -0.39 is 7.60 Å². The normalized spacial score (nSPS) is 13.4. The van der Waals surface area contributed by atoms with Gasteiger partial charge in [0, 0.05) is 18.3 Å². The molecule has 0 fully saturated rings. The van der Waals surface area contributed by atoms with Gasteiger partial charge in [-0.05, 0) is 26.0 Å². The third-order valence-electron chi connectivity index (χ3n) is 2.65. The summed E-state index contributed by atoms with van der Waals surface area (Å²) in [7, 11) is -0.961. The van der Waals surface area contributed by atoms with Crippen molar-refractivity contribution >= 4 is 7.60 Å². The van der Waals surface area contributed by atoms with Crippen LogP contribution in [-0.4, -0.2) is 38.1 Å². The fourth-order valence-electron chi connectivity index (χ4n) is 1.82. The molecule has 1 unspecified atom stereocenters. The van der Waals surface area contributed by atoms with Crippen molar-refractivity contribution in [3.63, 3.8) is 0 Å². The van der Waals surface area contributed by atoms with Crippen molar-refractivity contribution in [2.45, 2.75) is 20.3 Å². The summed E-state index contributed by atoms with van der Waals surface area (Å²) in [6.45, 7) is 5.32. The first-order valence-electron chi connectivity index (χ1n) is 6.69.